The number of carbonyl (C=O) groups is 2. The minimum atomic E-state index is -2.98. The van der Waals surface area contributed by atoms with Crippen LogP contribution in [0, 0.1) is 12.8 Å². The molecule has 1 saturated heterocycles. The summed E-state index contributed by atoms with van der Waals surface area (Å²) in [5, 5.41) is 0. The van der Waals surface area contributed by atoms with E-state index in [2.05, 4.69) is 10.9 Å². The molecule has 0 unspecified atom stereocenters. The molecule has 8 heteroatoms. The molecule has 1 heterocycles. The van der Waals surface area contributed by atoms with Crippen molar-refractivity contribution in [2.75, 3.05) is 17.3 Å². The predicted molar refractivity (Wildman–Crippen MR) is 95.0 cm³/mol. The van der Waals surface area contributed by atoms with Crippen molar-refractivity contribution >= 4 is 33.4 Å². The van der Waals surface area contributed by atoms with Crippen LogP contribution in [0.3, 0.4) is 0 Å². The van der Waals surface area contributed by atoms with E-state index in [-0.39, 0.29) is 41.4 Å². The van der Waals surface area contributed by atoms with E-state index >= 15 is 0 Å². The lowest BCUT2D eigenvalue weighted by Crippen LogP contribution is -2.43. The summed E-state index contributed by atoms with van der Waals surface area (Å²) >= 11 is 1.47. The van der Waals surface area contributed by atoms with Crippen LogP contribution in [-0.4, -0.2) is 37.5 Å². The highest BCUT2D eigenvalue weighted by molar-refractivity contribution is 7.99. The average molecular weight is 370 g/mol. The highest BCUT2D eigenvalue weighted by atomic mass is 32.2. The molecule has 1 fully saturated rings. The SMILES string of the molecule is Cc1ccccc1CSCC(=O)NNC(=O)C[C@H]1CCS(=O)(=O)C1. The molecular formula is C16H22N2O4S2. The molecule has 24 heavy (non-hydrogen) atoms. The molecule has 2 amide bonds. The lowest BCUT2D eigenvalue weighted by Gasteiger charge is -2.10. The van der Waals surface area contributed by atoms with E-state index in [9.17, 15) is 18.0 Å². The Morgan fingerprint density at radius 3 is 2.58 bits per heavy atom. The van der Waals surface area contributed by atoms with Gasteiger partial charge in [-0.05, 0) is 30.4 Å². The lowest BCUT2D eigenvalue weighted by atomic mass is 10.1. The zero-order valence-corrected chi connectivity index (χ0v) is 15.2. The van der Waals surface area contributed by atoms with E-state index in [1.54, 1.807) is 0 Å². The molecule has 1 aliphatic rings. The summed E-state index contributed by atoms with van der Waals surface area (Å²) < 4.78 is 22.7. The number of nitrogens with one attached hydrogen (secondary N) is 2. The molecule has 1 aromatic rings. The van der Waals surface area contributed by atoms with Crippen LogP contribution < -0.4 is 10.9 Å². The summed E-state index contributed by atoms with van der Waals surface area (Å²) in [5.41, 5.74) is 7.09. The van der Waals surface area contributed by atoms with E-state index in [1.807, 2.05) is 31.2 Å². The Bertz CT molecular complexity index is 704. The highest BCUT2D eigenvalue weighted by Crippen LogP contribution is 2.21. The molecule has 0 radical (unpaired) electrons. The van der Waals surface area contributed by atoms with Gasteiger partial charge in [0.25, 0.3) is 0 Å². The minimum absolute atomic E-state index is 0.0562. The predicted octanol–water partition coefficient (Wildman–Crippen LogP) is 1.20. The number of benzene rings is 1. The number of hydrazine groups is 1. The van der Waals surface area contributed by atoms with Crippen LogP contribution in [0.15, 0.2) is 24.3 Å². The van der Waals surface area contributed by atoms with E-state index in [4.69, 9.17) is 0 Å². The van der Waals surface area contributed by atoms with Gasteiger partial charge in [-0.1, -0.05) is 24.3 Å². The number of thioether (sulfide) groups is 1. The van der Waals surface area contributed by atoms with Crippen molar-refractivity contribution in [2.45, 2.75) is 25.5 Å². The maximum absolute atomic E-state index is 11.7. The van der Waals surface area contributed by atoms with Crippen LogP contribution in [-0.2, 0) is 25.2 Å². The third kappa shape index (κ3) is 6.16. The second-order valence-corrected chi connectivity index (χ2v) is 9.20. The van der Waals surface area contributed by atoms with Gasteiger partial charge in [-0.25, -0.2) is 8.42 Å². The molecule has 6 nitrogen and oxygen atoms in total. The molecule has 2 N–H and O–H groups in total. The van der Waals surface area contributed by atoms with Crippen molar-refractivity contribution in [3.05, 3.63) is 35.4 Å². The van der Waals surface area contributed by atoms with E-state index in [0.717, 1.165) is 5.75 Å². The van der Waals surface area contributed by atoms with Crippen molar-refractivity contribution in [2.24, 2.45) is 5.92 Å². The maximum atomic E-state index is 11.7. The third-order valence-electron chi connectivity index (χ3n) is 3.89. The summed E-state index contributed by atoms with van der Waals surface area (Å²) in [7, 11) is -2.98. The summed E-state index contributed by atoms with van der Waals surface area (Å²) in [6, 6.07) is 7.99. The fourth-order valence-electron chi connectivity index (χ4n) is 2.55. The van der Waals surface area contributed by atoms with Gasteiger partial charge in [-0.3, -0.25) is 20.4 Å². The number of hydrogen-bond acceptors (Lipinski definition) is 5. The molecule has 0 saturated carbocycles. The Morgan fingerprint density at radius 1 is 1.21 bits per heavy atom. The first-order valence-electron chi connectivity index (χ1n) is 7.76. The van der Waals surface area contributed by atoms with Crippen LogP contribution in [0.1, 0.15) is 24.0 Å². The van der Waals surface area contributed by atoms with Crippen LogP contribution in [0.2, 0.25) is 0 Å². The Labute approximate surface area is 146 Å². The van der Waals surface area contributed by atoms with Gasteiger partial charge in [0.1, 0.15) is 0 Å². The van der Waals surface area contributed by atoms with Crippen LogP contribution in [0.4, 0.5) is 0 Å². The van der Waals surface area contributed by atoms with Crippen LogP contribution in [0.25, 0.3) is 0 Å². The third-order valence-corrected chi connectivity index (χ3v) is 6.71. The zero-order valence-electron chi connectivity index (χ0n) is 13.6. The number of amides is 2. The maximum Gasteiger partial charge on any atom is 0.248 e. The Morgan fingerprint density at radius 2 is 1.92 bits per heavy atom. The van der Waals surface area contributed by atoms with Crippen molar-refractivity contribution in [1.29, 1.82) is 0 Å². The molecule has 0 aromatic heterocycles. The summed E-state index contributed by atoms with van der Waals surface area (Å²) in [4.78, 5) is 23.4. The Kier molecular flexibility index (Phi) is 6.68. The Hall–Kier alpha value is -1.54. The number of carbonyl (C=O) groups excluding carboxylic acids is 2. The van der Waals surface area contributed by atoms with Crippen molar-refractivity contribution < 1.29 is 18.0 Å². The number of rotatable bonds is 6. The summed E-state index contributed by atoms with van der Waals surface area (Å²) in [6.45, 7) is 2.03. The molecular weight excluding hydrogens is 348 g/mol. The molecule has 0 bridgehead atoms. The number of hydrogen-bond donors (Lipinski definition) is 2. The second kappa shape index (κ2) is 8.53. The first-order chi connectivity index (χ1) is 11.4. The molecule has 0 aliphatic carbocycles. The molecule has 132 valence electrons. The van der Waals surface area contributed by atoms with E-state index in [1.165, 1.54) is 22.9 Å². The van der Waals surface area contributed by atoms with Gasteiger partial charge in [0, 0.05) is 12.2 Å². The zero-order chi connectivity index (χ0) is 17.6. The normalized spacial score (nSPS) is 19.0. The summed E-state index contributed by atoms with van der Waals surface area (Å²) in [5.74, 6) is 0.395. The fraction of sp³-hybridized carbons (Fsp3) is 0.500. The molecule has 1 atom stereocenters. The molecule has 1 aliphatic heterocycles. The fourth-order valence-corrected chi connectivity index (χ4v) is 5.31. The Balaban J connectivity index is 1.62. The smallest absolute Gasteiger partial charge is 0.248 e. The largest absolute Gasteiger partial charge is 0.273 e. The molecule has 2 rings (SSSR count). The second-order valence-electron chi connectivity index (χ2n) is 5.99. The highest BCUT2D eigenvalue weighted by Gasteiger charge is 2.29. The summed E-state index contributed by atoms with van der Waals surface area (Å²) in [6.07, 6.45) is 0.631. The van der Waals surface area contributed by atoms with Crippen LogP contribution in [0.5, 0.6) is 0 Å². The minimum Gasteiger partial charge on any atom is -0.273 e. The molecule has 0 spiro atoms. The van der Waals surface area contributed by atoms with Crippen molar-refractivity contribution in [3.8, 4) is 0 Å². The van der Waals surface area contributed by atoms with Gasteiger partial charge in [-0.15, -0.1) is 11.8 Å². The van der Waals surface area contributed by atoms with Crippen LogP contribution >= 0.6 is 11.8 Å². The van der Waals surface area contributed by atoms with Gasteiger partial charge in [0.05, 0.1) is 17.3 Å². The van der Waals surface area contributed by atoms with Gasteiger partial charge >= 0.3 is 0 Å². The van der Waals surface area contributed by atoms with E-state index < -0.39 is 9.84 Å². The van der Waals surface area contributed by atoms with Gasteiger partial charge < -0.3 is 0 Å². The van der Waals surface area contributed by atoms with Gasteiger partial charge in [0.15, 0.2) is 9.84 Å². The molecule has 1 aromatic carbocycles. The first-order valence-corrected chi connectivity index (χ1v) is 10.7. The van der Waals surface area contributed by atoms with Gasteiger partial charge in [-0.2, -0.15) is 0 Å². The average Bonchev–Trinajstić information content (AvgIpc) is 2.86. The monoisotopic (exact) mass is 370 g/mol. The van der Waals surface area contributed by atoms with Gasteiger partial charge in [0.2, 0.25) is 11.8 Å². The number of aryl methyl sites for hydroxylation is 1. The van der Waals surface area contributed by atoms with Crippen molar-refractivity contribution in [3.63, 3.8) is 0 Å². The van der Waals surface area contributed by atoms with Crippen molar-refractivity contribution in [1.82, 2.24) is 10.9 Å². The lowest BCUT2D eigenvalue weighted by molar-refractivity contribution is -0.128. The quantitative estimate of drug-likeness (QED) is 0.734. The van der Waals surface area contributed by atoms with E-state index in [0.29, 0.717) is 6.42 Å². The standard InChI is InChI=1S/C16H22N2O4S2/c1-12-4-2-3-5-14(12)9-23-10-16(20)18-17-15(19)8-13-6-7-24(21,22)11-13/h2-5,13H,6-11H2,1H3,(H,17,19)(H,18,20)/t13-/m1/s1. The number of sulfone groups is 1. The topological polar surface area (TPSA) is 92.3 Å². The first kappa shape index (κ1) is 18.8.